The fourth-order valence-electron chi connectivity index (χ4n) is 2.65. The van der Waals surface area contributed by atoms with Gasteiger partial charge in [-0.2, -0.15) is 10.2 Å². The van der Waals surface area contributed by atoms with Gasteiger partial charge in [-0.1, -0.05) is 56.7 Å². The summed E-state index contributed by atoms with van der Waals surface area (Å²) < 4.78 is 5.90. The molecule has 0 heterocycles. The van der Waals surface area contributed by atoms with Gasteiger partial charge in [0, 0.05) is 0 Å². The molecule has 0 aliphatic heterocycles. The summed E-state index contributed by atoms with van der Waals surface area (Å²) in [5.74, 6) is 0.947. The van der Waals surface area contributed by atoms with Crippen molar-refractivity contribution in [2.75, 3.05) is 6.61 Å². The van der Waals surface area contributed by atoms with Crippen LogP contribution in [0.4, 0.5) is 11.4 Å². The van der Waals surface area contributed by atoms with Crippen molar-refractivity contribution < 1.29 is 4.74 Å². The van der Waals surface area contributed by atoms with Crippen LogP contribution < -0.4 is 4.74 Å². The zero-order chi connectivity index (χ0) is 17.9. The molecule has 0 aliphatic rings. The van der Waals surface area contributed by atoms with Crippen molar-refractivity contribution in [2.24, 2.45) is 10.2 Å². The minimum Gasteiger partial charge on any atom is -0.493 e. The lowest BCUT2D eigenvalue weighted by Crippen LogP contribution is -1.98. The number of rotatable bonds is 10. The van der Waals surface area contributed by atoms with Crippen molar-refractivity contribution >= 4 is 11.4 Å². The maximum Gasteiger partial charge on any atom is 0.122 e. The second kappa shape index (κ2) is 10.7. The van der Waals surface area contributed by atoms with Gasteiger partial charge in [0.1, 0.15) is 5.75 Å². The molecule has 0 unspecified atom stereocenters. The topological polar surface area (TPSA) is 34.0 Å². The number of nitrogens with zero attached hydrogens (tertiary/aromatic N) is 2. The van der Waals surface area contributed by atoms with Gasteiger partial charge in [-0.3, -0.25) is 0 Å². The van der Waals surface area contributed by atoms with Gasteiger partial charge in [0.2, 0.25) is 0 Å². The molecule has 3 heteroatoms. The normalized spacial score (nSPS) is 11.2. The number of hydrogen-bond acceptors (Lipinski definition) is 3. The number of hydrogen-bond donors (Lipinski definition) is 0. The minimum atomic E-state index is 0.789. The second-order valence-corrected chi connectivity index (χ2v) is 6.60. The maximum absolute atomic E-state index is 5.90. The zero-order valence-corrected chi connectivity index (χ0v) is 15.8. The van der Waals surface area contributed by atoms with E-state index < -0.39 is 0 Å². The molecule has 2 rings (SSSR count). The third-order valence-corrected chi connectivity index (χ3v) is 4.23. The van der Waals surface area contributed by atoms with E-state index in [0.717, 1.165) is 35.7 Å². The molecule has 3 nitrogen and oxygen atoms in total. The first kappa shape index (κ1) is 19.2. The van der Waals surface area contributed by atoms with Crippen LogP contribution in [0, 0.1) is 13.8 Å². The van der Waals surface area contributed by atoms with Crippen molar-refractivity contribution in [3.05, 3.63) is 53.6 Å². The van der Waals surface area contributed by atoms with Gasteiger partial charge in [-0.05, 0) is 56.2 Å². The fraction of sp³-hybridized carbons (Fsp3) is 0.455. The highest BCUT2D eigenvalue weighted by Gasteiger charge is 2.01. The molecule has 0 saturated heterocycles. The summed E-state index contributed by atoms with van der Waals surface area (Å²) in [5.41, 5.74) is 4.05. The molecule has 2 aromatic rings. The largest absolute Gasteiger partial charge is 0.493 e. The fourth-order valence-corrected chi connectivity index (χ4v) is 2.65. The molecule has 0 atom stereocenters. The highest BCUT2D eigenvalue weighted by Crippen LogP contribution is 2.25. The molecule has 0 N–H and O–H groups in total. The average molecular weight is 338 g/mol. The molecule has 0 bridgehead atoms. The minimum absolute atomic E-state index is 0.789. The summed E-state index contributed by atoms with van der Waals surface area (Å²) in [6.45, 7) is 7.16. The summed E-state index contributed by atoms with van der Waals surface area (Å²) in [6, 6.07) is 14.0. The smallest absolute Gasteiger partial charge is 0.122 e. The van der Waals surface area contributed by atoms with Gasteiger partial charge in [-0.25, -0.2) is 0 Å². The van der Waals surface area contributed by atoms with Crippen LogP contribution in [-0.2, 0) is 0 Å². The quantitative estimate of drug-likeness (QED) is 0.327. The van der Waals surface area contributed by atoms with E-state index in [-0.39, 0.29) is 0 Å². The lowest BCUT2D eigenvalue weighted by molar-refractivity contribution is 0.302. The second-order valence-electron chi connectivity index (χ2n) is 6.60. The molecular formula is C22H30N2O. The maximum atomic E-state index is 5.90. The number of unbranched alkanes of at least 4 members (excludes halogenated alkanes) is 5. The Kier molecular flexibility index (Phi) is 8.17. The van der Waals surface area contributed by atoms with Crippen LogP contribution in [0.5, 0.6) is 5.75 Å². The Labute approximate surface area is 152 Å². The van der Waals surface area contributed by atoms with Gasteiger partial charge in [0.15, 0.2) is 0 Å². The molecule has 0 amide bonds. The van der Waals surface area contributed by atoms with Gasteiger partial charge in [0.05, 0.1) is 18.0 Å². The number of azo groups is 1. The molecule has 134 valence electrons. The summed E-state index contributed by atoms with van der Waals surface area (Å²) in [7, 11) is 0. The molecule has 0 spiro atoms. The SMILES string of the molecule is CCCCCCCCOc1ccc(N=Nc2ccc(C)cc2)cc1C. The van der Waals surface area contributed by atoms with Crippen LogP contribution in [0.25, 0.3) is 0 Å². The van der Waals surface area contributed by atoms with Crippen molar-refractivity contribution in [2.45, 2.75) is 59.3 Å². The van der Waals surface area contributed by atoms with Crippen molar-refractivity contribution in [3.8, 4) is 5.75 Å². The highest BCUT2D eigenvalue weighted by molar-refractivity contribution is 5.47. The van der Waals surface area contributed by atoms with Gasteiger partial charge < -0.3 is 4.74 Å². The molecule has 2 aromatic carbocycles. The average Bonchev–Trinajstić information content (AvgIpc) is 2.62. The van der Waals surface area contributed by atoms with Crippen LogP contribution in [-0.4, -0.2) is 6.61 Å². The molecule has 0 fully saturated rings. The monoisotopic (exact) mass is 338 g/mol. The first-order chi connectivity index (χ1) is 12.2. The van der Waals surface area contributed by atoms with E-state index in [2.05, 4.69) is 31.0 Å². The Hall–Kier alpha value is -2.16. The third kappa shape index (κ3) is 7.08. The zero-order valence-electron chi connectivity index (χ0n) is 15.8. The number of ether oxygens (including phenoxy) is 1. The summed E-state index contributed by atoms with van der Waals surface area (Å²) >= 11 is 0. The first-order valence-corrected chi connectivity index (χ1v) is 9.41. The lowest BCUT2D eigenvalue weighted by atomic mass is 10.1. The molecular weight excluding hydrogens is 308 g/mol. The Morgan fingerprint density at radius 3 is 2.12 bits per heavy atom. The standard InChI is InChI=1S/C22H30N2O/c1-4-5-6-7-8-9-16-25-22-15-14-21(17-19(22)3)24-23-20-12-10-18(2)11-13-20/h10-15,17H,4-9,16H2,1-3H3. The van der Waals surface area contributed by atoms with Crippen LogP contribution >= 0.6 is 0 Å². The van der Waals surface area contributed by atoms with Gasteiger partial charge in [0.25, 0.3) is 0 Å². The first-order valence-electron chi connectivity index (χ1n) is 9.41. The van der Waals surface area contributed by atoms with Crippen molar-refractivity contribution in [1.82, 2.24) is 0 Å². The van der Waals surface area contributed by atoms with E-state index in [1.807, 2.05) is 42.5 Å². The predicted octanol–water partition coefficient (Wildman–Crippen LogP) is 7.46. The summed E-state index contributed by atoms with van der Waals surface area (Å²) in [6.07, 6.45) is 7.67. The summed E-state index contributed by atoms with van der Waals surface area (Å²) in [5, 5.41) is 8.60. The Bertz CT molecular complexity index is 662. The predicted molar refractivity (Wildman–Crippen MR) is 105 cm³/mol. The van der Waals surface area contributed by atoms with Gasteiger partial charge >= 0.3 is 0 Å². The Morgan fingerprint density at radius 1 is 0.760 bits per heavy atom. The number of benzene rings is 2. The third-order valence-electron chi connectivity index (χ3n) is 4.23. The van der Waals surface area contributed by atoms with Crippen LogP contribution in [0.2, 0.25) is 0 Å². The van der Waals surface area contributed by atoms with E-state index >= 15 is 0 Å². The molecule has 0 saturated carbocycles. The Balaban J connectivity index is 1.80. The van der Waals surface area contributed by atoms with E-state index in [1.54, 1.807) is 0 Å². The van der Waals surface area contributed by atoms with E-state index in [4.69, 9.17) is 4.74 Å². The molecule has 0 radical (unpaired) electrons. The lowest BCUT2D eigenvalue weighted by Gasteiger charge is -2.09. The van der Waals surface area contributed by atoms with Crippen molar-refractivity contribution in [3.63, 3.8) is 0 Å². The van der Waals surface area contributed by atoms with E-state index in [1.165, 1.54) is 37.7 Å². The molecule has 0 aromatic heterocycles. The highest BCUT2D eigenvalue weighted by atomic mass is 16.5. The van der Waals surface area contributed by atoms with E-state index in [9.17, 15) is 0 Å². The number of aryl methyl sites for hydroxylation is 2. The Morgan fingerprint density at radius 2 is 1.40 bits per heavy atom. The van der Waals surface area contributed by atoms with Crippen molar-refractivity contribution in [1.29, 1.82) is 0 Å². The molecule has 25 heavy (non-hydrogen) atoms. The van der Waals surface area contributed by atoms with Crippen LogP contribution in [0.3, 0.4) is 0 Å². The molecule has 0 aliphatic carbocycles. The van der Waals surface area contributed by atoms with Crippen LogP contribution in [0.1, 0.15) is 56.6 Å². The van der Waals surface area contributed by atoms with Gasteiger partial charge in [-0.15, -0.1) is 0 Å². The van der Waals surface area contributed by atoms with E-state index in [0.29, 0.717) is 0 Å². The summed E-state index contributed by atoms with van der Waals surface area (Å²) in [4.78, 5) is 0. The van der Waals surface area contributed by atoms with Crippen LogP contribution in [0.15, 0.2) is 52.7 Å².